The van der Waals surface area contributed by atoms with Gasteiger partial charge < -0.3 is 5.11 Å². The first kappa shape index (κ1) is 14.2. The summed E-state index contributed by atoms with van der Waals surface area (Å²) in [6, 6.07) is 10.3. The van der Waals surface area contributed by atoms with Crippen LogP contribution >= 0.6 is 15.9 Å². The summed E-state index contributed by atoms with van der Waals surface area (Å²) in [7, 11) is 0. The van der Waals surface area contributed by atoms with Crippen LogP contribution in [0, 0.1) is 11.6 Å². The van der Waals surface area contributed by atoms with Crippen molar-refractivity contribution in [2.24, 2.45) is 0 Å². The molecule has 19 heavy (non-hydrogen) atoms. The lowest BCUT2D eigenvalue weighted by atomic mass is 9.89. The van der Waals surface area contributed by atoms with Crippen LogP contribution in [-0.2, 0) is 12.0 Å². The molecular weight excluding hydrogens is 314 g/mol. The van der Waals surface area contributed by atoms with Crippen molar-refractivity contribution < 1.29 is 13.9 Å². The fourth-order valence-electron chi connectivity index (χ4n) is 2.03. The van der Waals surface area contributed by atoms with E-state index in [1.807, 2.05) is 0 Å². The quantitative estimate of drug-likeness (QED) is 0.897. The fraction of sp³-hybridized carbons (Fsp3) is 0.200. The van der Waals surface area contributed by atoms with Crippen molar-refractivity contribution in [3.63, 3.8) is 0 Å². The molecule has 0 spiro atoms. The van der Waals surface area contributed by atoms with E-state index in [9.17, 15) is 13.9 Å². The van der Waals surface area contributed by atoms with Gasteiger partial charge in [0.1, 0.15) is 11.6 Å². The summed E-state index contributed by atoms with van der Waals surface area (Å²) in [6.45, 7) is 1.54. The maximum atomic E-state index is 13.7. The molecule has 1 atom stereocenters. The number of aliphatic hydroxyl groups is 1. The molecule has 0 aliphatic carbocycles. The monoisotopic (exact) mass is 326 g/mol. The molecule has 0 saturated carbocycles. The second kappa shape index (κ2) is 5.39. The van der Waals surface area contributed by atoms with E-state index in [4.69, 9.17) is 0 Å². The van der Waals surface area contributed by atoms with Gasteiger partial charge in [0.2, 0.25) is 0 Å². The SMILES string of the molecule is CC(O)(Cc1ccc(F)cc1Br)c1ccccc1F. The first-order valence-electron chi connectivity index (χ1n) is 5.81. The molecule has 100 valence electrons. The van der Waals surface area contributed by atoms with Crippen LogP contribution in [0.1, 0.15) is 18.1 Å². The third-order valence-corrected chi connectivity index (χ3v) is 3.74. The molecule has 0 amide bonds. The van der Waals surface area contributed by atoms with E-state index in [0.29, 0.717) is 4.47 Å². The van der Waals surface area contributed by atoms with Gasteiger partial charge >= 0.3 is 0 Å². The summed E-state index contributed by atoms with van der Waals surface area (Å²) in [5.41, 5.74) is -0.410. The van der Waals surface area contributed by atoms with Crippen molar-refractivity contribution in [1.29, 1.82) is 0 Å². The van der Waals surface area contributed by atoms with Gasteiger partial charge in [0.25, 0.3) is 0 Å². The van der Waals surface area contributed by atoms with Crippen LogP contribution in [0.15, 0.2) is 46.9 Å². The second-order valence-corrected chi connectivity index (χ2v) is 5.52. The molecule has 0 aliphatic heterocycles. The molecule has 1 nitrogen and oxygen atoms in total. The van der Waals surface area contributed by atoms with Crippen molar-refractivity contribution >= 4 is 15.9 Å². The molecule has 0 saturated heterocycles. The van der Waals surface area contributed by atoms with Crippen molar-refractivity contribution in [3.8, 4) is 0 Å². The van der Waals surface area contributed by atoms with Crippen molar-refractivity contribution in [2.45, 2.75) is 18.9 Å². The Hall–Kier alpha value is -1.26. The van der Waals surface area contributed by atoms with E-state index < -0.39 is 11.4 Å². The highest BCUT2D eigenvalue weighted by Crippen LogP contribution is 2.30. The topological polar surface area (TPSA) is 20.2 Å². The second-order valence-electron chi connectivity index (χ2n) is 4.67. The van der Waals surface area contributed by atoms with Crippen LogP contribution in [0.2, 0.25) is 0 Å². The van der Waals surface area contributed by atoms with Crippen LogP contribution in [0.25, 0.3) is 0 Å². The number of halogens is 3. The molecule has 0 fully saturated rings. The Labute approximate surface area is 119 Å². The molecule has 4 heteroatoms. The average Bonchev–Trinajstić information content (AvgIpc) is 2.33. The van der Waals surface area contributed by atoms with Gasteiger partial charge in [-0.3, -0.25) is 0 Å². The standard InChI is InChI=1S/C15H13BrF2O/c1-15(19,12-4-2-3-5-14(12)18)9-10-6-7-11(17)8-13(10)16/h2-8,19H,9H2,1H3. The highest BCUT2D eigenvalue weighted by molar-refractivity contribution is 9.10. The van der Waals surface area contributed by atoms with E-state index in [-0.39, 0.29) is 17.8 Å². The minimum absolute atomic E-state index is 0.189. The maximum absolute atomic E-state index is 13.7. The summed E-state index contributed by atoms with van der Waals surface area (Å²) >= 11 is 3.25. The largest absolute Gasteiger partial charge is 0.385 e. The van der Waals surface area contributed by atoms with Crippen molar-refractivity contribution in [2.75, 3.05) is 0 Å². The lowest BCUT2D eigenvalue weighted by Gasteiger charge is -2.25. The lowest BCUT2D eigenvalue weighted by molar-refractivity contribution is 0.0536. The minimum atomic E-state index is -1.36. The Balaban J connectivity index is 2.33. The first-order valence-corrected chi connectivity index (χ1v) is 6.61. The molecule has 0 radical (unpaired) electrons. The molecule has 2 aromatic carbocycles. The molecule has 0 bridgehead atoms. The van der Waals surface area contributed by atoms with E-state index in [1.54, 1.807) is 31.2 Å². The van der Waals surface area contributed by atoms with Crippen molar-refractivity contribution in [3.05, 3.63) is 69.7 Å². The molecule has 1 unspecified atom stereocenters. The zero-order valence-electron chi connectivity index (χ0n) is 10.3. The molecule has 1 N–H and O–H groups in total. The maximum Gasteiger partial charge on any atom is 0.129 e. The molecular formula is C15H13BrF2O. The van der Waals surface area contributed by atoms with Crippen LogP contribution in [-0.4, -0.2) is 5.11 Å². The normalized spacial score (nSPS) is 14.2. The molecule has 0 aromatic heterocycles. The molecule has 0 aliphatic rings. The van der Waals surface area contributed by atoms with E-state index in [2.05, 4.69) is 15.9 Å². The van der Waals surface area contributed by atoms with E-state index >= 15 is 0 Å². The van der Waals surface area contributed by atoms with Gasteiger partial charge in [-0.05, 0) is 30.7 Å². The van der Waals surface area contributed by atoms with Crippen LogP contribution in [0.5, 0.6) is 0 Å². The molecule has 0 heterocycles. The third-order valence-electron chi connectivity index (χ3n) is 3.00. The number of rotatable bonds is 3. The molecule has 2 aromatic rings. The van der Waals surface area contributed by atoms with Gasteiger partial charge in [-0.1, -0.05) is 40.2 Å². The zero-order chi connectivity index (χ0) is 14.0. The van der Waals surface area contributed by atoms with E-state index in [0.717, 1.165) is 5.56 Å². The Morgan fingerprint density at radius 1 is 1.16 bits per heavy atom. The summed E-state index contributed by atoms with van der Waals surface area (Å²) in [5.74, 6) is -0.813. The Morgan fingerprint density at radius 2 is 1.84 bits per heavy atom. The highest BCUT2D eigenvalue weighted by Gasteiger charge is 2.27. The Morgan fingerprint density at radius 3 is 2.47 bits per heavy atom. The predicted molar refractivity (Wildman–Crippen MR) is 73.8 cm³/mol. The summed E-state index contributed by atoms with van der Waals surface area (Å²) in [5, 5.41) is 10.5. The number of hydrogen-bond donors (Lipinski definition) is 1. The van der Waals surface area contributed by atoms with E-state index in [1.165, 1.54) is 18.2 Å². The first-order chi connectivity index (χ1) is 8.90. The third kappa shape index (κ3) is 3.19. The smallest absolute Gasteiger partial charge is 0.129 e. The average molecular weight is 327 g/mol. The van der Waals surface area contributed by atoms with Gasteiger partial charge in [0.05, 0.1) is 5.60 Å². The fourth-order valence-corrected chi connectivity index (χ4v) is 2.52. The van der Waals surface area contributed by atoms with Gasteiger partial charge in [0.15, 0.2) is 0 Å². The van der Waals surface area contributed by atoms with Crippen LogP contribution < -0.4 is 0 Å². The summed E-state index contributed by atoms with van der Waals surface area (Å²) in [4.78, 5) is 0. The zero-order valence-corrected chi connectivity index (χ0v) is 11.9. The van der Waals surface area contributed by atoms with Gasteiger partial charge in [-0.2, -0.15) is 0 Å². The number of benzene rings is 2. The minimum Gasteiger partial charge on any atom is -0.385 e. The molecule has 2 rings (SSSR count). The van der Waals surface area contributed by atoms with Gasteiger partial charge in [-0.25, -0.2) is 8.78 Å². The predicted octanol–water partition coefficient (Wildman–Crippen LogP) is 4.18. The summed E-state index contributed by atoms with van der Waals surface area (Å²) in [6.07, 6.45) is 0.189. The van der Waals surface area contributed by atoms with Crippen LogP contribution in [0.4, 0.5) is 8.78 Å². The Bertz CT molecular complexity index is 596. The van der Waals surface area contributed by atoms with Gasteiger partial charge in [0, 0.05) is 16.5 Å². The van der Waals surface area contributed by atoms with Crippen molar-refractivity contribution in [1.82, 2.24) is 0 Å². The highest BCUT2D eigenvalue weighted by atomic mass is 79.9. The Kier molecular flexibility index (Phi) is 4.02. The van der Waals surface area contributed by atoms with Crippen LogP contribution in [0.3, 0.4) is 0 Å². The number of hydrogen-bond acceptors (Lipinski definition) is 1. The summed E-state index contributed by atoms with van der Waals surface area (Å²) < 4.78 is 27.3. The van der Waals surface area contributed by atoms with Gasteiger partial charge in [-0.15, -0.1) is 0 Å². The lowest BCUT2D eigenvalue weighted by Crippen LogP contribution is -2.25.